The molecule has 0 spiro atoms. The minimum atomic E-state index is -1.29. The summed E-state index contributed by atoms with van der Waals surface area (Å²) in [5.41, 5.74) is 0.811. The largest absolute Gasteiger partial charge is 0.493 e. The first-order valence-electron chi connectivity index (χ1n) is 11.9. The highest BCUT2D eigenvalue weighted by Gasteiger charge is 2.45. The number of ether oxygens (including phenoxy) is 3. The summed E-state index contributed by atoms with van der Waals surface area (Å²) in [7, 11) is 0.240. The van der Waals surface area contributed by atoms with Gasteiger partial charge in [-0.05, 0) is 31.4 Å². The summed E-state index contributed by atoms with van der Waals surface area (Å²) in [5.74, 6) is 0.398. The van der Waals surface area contributed by atoms with Crippen molar-refractivity contribution in [3.8, 4) is 11.5 Å². The number of halogens is 1. The molecule has 0 radical (unpaired) electrons. The maximum Gasteiger partial charge on any atom is 0.256 e. The third-order valence-electron chi connectivity index (χ3n) is 6.15. The van der Waals surface area contributed by atoms with Crippen molar-refractivity contribution < 1.29 is 28.9 Å². The van der Waals surface area contributed by atoms with Gasteiger partial charge < -0.3 is 24.2 Å². The molecule has 1 aromatic rings. The van der Waals surface area contributed by atoms with Gasteiger partial charge in [0, 0.05) is 39.0 Å². The first kappa shape index (κ1) is 27.0. The molecule has 34 heavy (non-hydrogen) atoms. The second-order valence-electron chi connectivity index (χ2n) is 10.1. The number of aliphatic hydroxyl groups excluding tert-OH is 1. The minimum absolute atomic E-state index is 0.0427. The number of carbonyl (C=O) groups excluding carboxylic acids is 2. The molecule has 190 valence electrons. The second-order valence-corrected chi connectivity index (χ2v) is 16.5. The normalized spacial score (nSPS) is 20.3. The molecular formula is C24H37BrN2O6Si. The van der Waals surface area contributed by atoms with Crippen molar-refractivity contribution in [2.24, 2.45) is 0 Å². The Morgan fingerprint density at radius 2 is 1.88 bits per heavy atom. The molecule has 2 heterocycles. The highest BCUT2D eigenvalue weighted by Crippen LogP contribution is 2.40. The Balaban J connectivity index is 1.91. The summed E-state index contributed by atoms with van der Waals surface area (Å²) in [6.07, 6.45) is 2.49. The van der Waals surface area contributed by atoms with Crippen molar-refractivity contribution in [3.05, 3.63) is 17.7 Å². The molecule has 10 heteroatoms. The topological polar surface area (TPSA) is 88.5 Å². The number of alkyl halides is 1. The van der Waals surface area contributed by atoms with E-state index >= 15 is 0 Å². The fraction of sp³-hybridized carbons (Fsp3) is 0.667. The second kappa shape index (κ2) is 11.9. The van der Waals surface area contributed by atoms with E-state index in [-0.39, 0.29) is 31.5 Å². The first-order valence-corrected chi connectivity index (χ1v) is 16.8. The number of rotatable bonds is 12. The Bertz CT molecular complexity index is 878. The van der Waals surface area contributed by atoms with Gasteiger partial charge in [0.15, 0.2) is 11.5 Å². The molecular weight excluding hydrogens is 520 g/mol. The number of amides is 2. The molecule has 1 N–H and O–H groups in total. The van der Waals surface area contributed by atoms with Gasteiger partial charge in [0.1, 0.15) is 12.8 Å². The summed E-state index contributed by atoms with van der Waals surface area (Å²) in [6.45, 7) is 8.05. The van der Waals surface area contributed by atoms with E-state index in [0.29, 0.717) is 36.0 Å². The minimum Gasteiger partial charge on any atom is -0.493 e. The highest BCUT2D eigenvalue weighted by atomic mass is 79.9. The van der Waals surface area contributed by atoms with Crippen LogP contribution in [-0.2, 0) is 9.53 Å². The van der Waals surface area contributed by atoms with Gasteiger partial charge in [-0.3, -0.25) is 14.5 Å². The zero-order valence-corrected chi connectivity index (χ0v) is 23.2. The number of nitrogens with zero attached hydrogens (tertiary/aromatic N) is 2. The lowest BCUT2D eigenvalue weighted by atomic mass is 10.1. The predicted octanol–water partition coefficient (Wildman–Crippen LogP) is 3.87. The van der Waals surface area contributed by atoms with Crippen LogP contribution in [0, 0.1) is 0 Å². The number of hydrogen-bond donors (Lipinski definition) is 1. The van der Waals surface area contributed by atoms with Crippen LogP contribution in [0.3, 0.4) is 0 Å². The molecule has 2 amide bonds. The Morgan fingerprint density at radius 3 is 2.56 bits per heavy atom. The lowest BCUT2D eigenvalue weighted by molar-refractivity contribution is -0.123. The number of aliphatic hydroxyl groups is 1. The SMILES string of the molecule is COc1cc2c(cc1OCCCCCBr)N(COCC[Si](C)(C)C)C(=O)C1CC(O)CN1C2=O. The standard InChI is InChI=1S/C24H37BrN2O6Si/c1-31-21-13-18-19(14-22(21)33-9-7-5-6-8-25)27(16-32-10-11-34(2,3)4)24(30)20-12-17(28)15-26(20)23(18)29/h13-14,17,20,28H,5-12,15-16H2,1-4H3. The van der Waals surface area contributed by atoms with Crippen LogP contribution in [0.15, 0.2) is 12.1 Å². The summed E-state index contributed by atoms with van der Waals surface area (Å²) < 4.78 is 17.5. The van der Waals surface area contributed by atoms with Gasteiger partial charge in [-0.1, -0.05) is 35.6 Å². The first-order chi connectivity index (χ1) is 16.2. The van der Waals surface area contributed by atoms with Crippen LogP contribution in [-0.4, -0.2) is 81.0 Å². The van der Waals surface area contributed by atoms with Crippen LogP contribution in [0.1, 0.15) is 36.0 Å². The van der Waals surface area contributed by atoms with E-state index < -0.39 is 20.2 Å². The molecule has 3 rings (SSSR count). The summed E-state index contributed by atoms with van der Waals surface area (Å²) in [6, 6.07) is 3.62. The van der Waals surface area contributed by atoms with Gasteiger partial charge >= 0.3 is 0 Å². The fourth-order valence-electron chi connectivity index (χ4n) is 4.16. The van der Waals surface area contributed by atoms with Gasteiger partial charge in [0.05, 0.1) is 31.1 Å². The molecule has 0 aliphatic carbocycles. The Hall–Kier alpha value is -1.62. The van der Waals surface area contributed by atoms with Crippen molar-refractivity contribution in [2.75, 3.05) is 43.8 Å². The number of anilines is 1. The van der Waals surface area contributed by atoms with Crippen molar-refractivity contribution in [1.29, 1.82) is 0 Å². The van der Waals surface area contributed by atoms with E-state index in [2.05, 4.69) is 35.6 Å². The smallest absolute Gasteiger partial charge is 0.256 e. The van der Waals surface area contributed by atoms with E-state index in [1.54, 1.807) is 12.1 Å². The average Bonchev–Trinajstić information content (AvgIpc) is 3.16. The molecule has 1 saturated heterocycles. The van der Waals surface area contributed by atoms with Crippen LogP contribution in [0.5, 0.6) is 11.5 Å². The highest BCUT2D eigenvalue weighted by molar-refractivity contribution is 9.09. The van der Waals surface area contributed by atoms with Gasteiger partial charge in [0.25, 0.3) is 11.8 Å². The van der Waals surface area contributed by atoms with Crippen molar-refractivity contribution >= 4 is 41.5 Å². The molecule has 2 aliphatic heterocycles. The molecule has 1 fully saturated rings. The van der Waals surface area contributed by atoms with E-state index in [1.165, 1.54) is 16.9 Å². The van der Waals surface area contributed by atoms with E-state index in [9.17, 15) is 14.7 Å². The van der Waals surface area contributed by atoms with Crippen molar-refractivity contribution in [1.82, 2.24) is 4.90 Å². The van der Waals surface area contributed by atoms with E-state index in [0.717, 1.165) is 30.6 Å². The molecule has 2 unspecified atom stereocenters. The van der Waals surface area contributed by atoms with Crippen molar-refractivity contribution in [3.63, 3.8) is 0 Å². The van der Waals surface area contributed by atoms with Crippen LogP contribution in [0.4, 0.5) is 5.69 Å². The molecule has 2 aliphatic rings. The number of fused-ring (bicyclic) bond motifs is 2. The number of carbonyl (C=O) groups is 2. The van der Waals surface area contributed by atoms with Gasteiger partial charge in [-0.2, -0.15) is 0 Å². The van der Waals surface area contributed by atoms with E-state index in [4.69, 9.17) is 14.2 Å². The van der Waals surface area contributed by atoms with Crippen LogP contribution in [0.2, 0.25) is 25.7 Å². The van der Waals surface area contributed by atoms with Gasteiger partial charge in [-0.15, -0.1) is 0 Å². The number of hydrogen-bond acceptors (Lipinski definition) is 6. The van der Waals surface area contributed by atoms with Crippen LogP contribution in [0.25, 0.3) is 0 Å². The van der Waals surface area contributed by atoms with Crippen LogP contribution >= 0.6 is 15.9 Å². The fourth-order valence-corrected chi connectivity index (χ4v) is 5.32. The zero-order chi connectivity index (χ0) is 24.9. The Morgan fingerprint density at radius 1 is 1.12 bits per heavy atom. The maximum atomic E-state index is 13.5. The molecule has 2 atom stereocenters. The summed E-state index contributed by atoms with van der Waals surface area (Å²) in [4.78, 5) is 30.0. The quantitative estimate of drug-likeness (QED) is 0.239. The third kappa shape index (κ3) is 6.53. The maximum absolute atomic E-state index is 13.5. The summed E-state index contributed by atoms with van der Waals surface area (Å²) in [5, 5.41) is 11.1. The zero-order valence-electron chi connectivity index (χ0n) is 20.6. The third-order valence-corrected chi connectivity index (χ3v) is 8.41. The van der Waals surface area contributed by atoms with Gasteiger partial charge in [-0.25, -0.2) is 0 Å². The lowest BCUT2D eigenvalue weighted by Gasteiger charge is -2.26. The molecule has 8 nitrogen and oxygen atoms in total. The lowest BCUT2D eigenvalue weighted by Crippen LogP contribution is -2.45. The molecule has 0 aromatic heterocycles. The average molecular weight is 558 g/mol. The Kier molecular flexibility index (Phi) is 9.42. The van der Waals surface area contributed by atoms with Crippen LogP contribution < -0.4 is 14.4 Å². The monoisotopic (exact) mass is 556 g/mol. The predicted molar refractivity (Wildman–Crippen MR) is 138 cm³/mol. The molecule has 0 saturated carbocycles. The van der Waals surface area contributed by atoms with Crippen molar-refractivity contribution in [2.45, 2.75) is 63.5 Å². The number of unbranched alkanes of at least 4 members (excludes halogenated alkanes) is 2. The number of methoxy groups -OCH3 is 1. The number of benzene rings is 1. The van der Waals surface area contributed by atoms with E-state index in [1.807, 2.05) is 0 Å². The summed E-state index contributed by atoms with van der Waals surface area (Å²) >= 11 is 3.44. The molecule has 0 bridgehead atoms. The molecule has 1 aromatic carbocycles. The van der Waals surface area contributed by atoms with Gasteiger partial charge in [0.2, 0.25) is 0 Å². The Labute approximate surface area is 211 Å².